The van der Waals surface area contributed by atoms with Crippen LogP contribution in [0, 0.1) is 6.92 Å². The summed E-state index contributed by atoms with van der Waals surface area (Å²) in [5, 5.41) is 12.0. The van der Waals surface area contributed by atoms with Crippen molar-refractivity contribution in [2.24, 2.45) is 0 Å². The first-order chi connectivity index (χ1) is 9.08. The topological polar surface area (TPSA) is 62.2 Å². The zero-order chi connectivity index (χ0) is 13.8. The molecule has 0 atom stereocenters. The molecule has 1 heterocycles. The number of carbonyl (C=O) groups excluding carboxylic acids is 1. The average Bonchev–Trinajstić information content (AvgIpc) is 2.73. The minimum Gasteiger partial charge on any atom is -0.544 e. The number of benzene rings is 1. The van der Waals surface area contributed by atoms with Gasteiger partial charge in [-0.2, -0.15) is 0 Å². The van der Waals surface area contributed by atoms with Crippen LogP contribution in [0.25, 0.3) is 0 Å². The first-order valence-corrected chi connectivity index (χ1v) is 6.82. The van der Waals surface area contributed by atoms with Crippen LogP contribution in [-0.2, 0) is 6.42 Å². The van der Waals surface area contributed by atoms with Crippen LogP contribution in [0.4, 0.5) is 0 Å². The summed E-state index contributed by atoms with van der Waals surface area (Å²) in [6.45, 7) is 2.04. The highest BCUT2D eigenvalue weighted by Crippen LogP contribution is 2.23. The molecule has 1 aromatic heterocycles. The summed E-state index contributed by atoms with van der Waals surface area (Å²) >= 11 is 7.07. The molecule has 0 saturated carbocycles. The Morgan fingerprint density at radius 3 is 2.84 bits per heavy atom. The summed E-state index contributed by atoms with van der Waals surface area (Å²) in [5.41, 5.74) is 0.484. The number of aryl methyl sites for hydroxylation is 1. The highest BCUT2D eigenvalue weighted by Gasteiger charge is 2.08. The molecule has 2 rings (SSSR count). The van der Waals surface area contributed by atoms with Gasteiger partial charge in [0.2, 0.25) is 0 Å². The SMILES string of the molecule is Cc1nc(CCOc2ccccc2Cl)sc1C(=O)[O-]. The molecule has 0 aliphatic carbocycles. The second-order valence-electron chi connectivity index (χ2n) is 3.84. The lowest BCUT2D eigenvalue weighted by molar-refractivity contribution is -0.254. The number of hydrogen-bond acceptors (Lipinski definition) is 5. The van der Waals surface area contributed by atoms with Crippen LogP contribution in [0.3, 0.4) is 0 Å². The lowest BCUT2D eigenvalue weighted by Crippen LogP contribution is -2.21. The second-order valence-corrected chi connectivity index (χ2v) is 5.33. The maximum atomic E-state index is 10.8. The summed E-state index contributed by atoms with van der Waals surface area (Å²) in [4.78, 5) is 15.1. The lowest BCUT2D eigenvalue weighted by atomic mass is 10.3. The highest BCUT2D eigenvalue weighted by atomic mass is 35.5. The molecule has 0 amide bonds. The Bertz CT molecular complexity index is 597. The van der Waals surface area contributed by atoms with Gasteiger partial charge in [-0.25, -0.2) is 4.98 Å². The molecular weight excluding hydrogens is 286 g/mol. The van der Waals surface area contributed by atoms with E-state index in [2.05, 4.69) is 4.98 Å². The molecule has 0 spiro atoms. The van der Waals surface area contributed by atoms with Crippen LogP contribution >= 0.6 is 22.9 Å². The van der Waals surface area contributed by atoms with E-state index in [1.807, 2.05) is 12.1 Å². The van der Waals surface area contributed by atoms with E-state index < -0.39 is 5.97 Å². The number of carboxylic acids is 1. The van der Waals surface area contributed by atoms with Gasteiger partial charge in [0, 0.05) is 6.42 Å². The molecule has 0 fully saturated rings. The van der Waals surface area contributed by atoms with Crippen molar-refractivity contribution in [2.75, 3.05) is 6.61 Å². The molecule has 0 N–H and O–H groups in total. The number of hydrogen-bond donors (Lipinski definition) is 0. The maximum absolute atomic E-state index is 10.8. The van der Waals surface area contributed by atoms with Crippen molar-refractivity contribution >= 4 is 28.9 Å². The number of para-hydroxylation sites is 1. The number of thiazole rings is 1. The Morgan fingerprint density at radius 1 is 1.47 bits per heavy atom. The van der Waals surface area contributed by atoms with Gasteiger partial charge in [0.05, 0.1) is 33.2 Å². The Kier molecular flexibility index (Phi) is 4.39. The summed E-state index contributed by atoms with van der Waals surface area (Å²) in [5.74, 6) is -0.578. The molecule has 100 valence electrons. The molecular formula is C13H11ClNO3S-. The van der Waals surface area contributed by atoms with Gasteiger partial charge in [0.15, 0.2) is 0 Å². The van der Waals surface area contributed by atoms with Gasteiger partial charge >= 0.3 is 0 Å². The predicted octanol–water partition coefficient (Wildman–Crippen LogP) is 2.09. The van der Waals surface area contributed by atoms with Crippen LogP contribution < -0.4 is 9.84 Å². The van der Waals surface area contributed by atoms with Gasteiger partial charge in [-0.15, -0.1) is 11.3 Å². The first kappa shape index (κ1) is 13.8. The van der Waals surface area contributed by atoms with Crippen molar-refractivity contribution in [3.05, 3.63) is 44.9 Å². The third-order valence-electron chi connectivity index (χ3n) is 2.44. The van der Waals surface area contributed by atoms with Crippen LogP contribution in [0.5, 0.6) is 5.75 Å². The maximum Gasteiger partial charge on any atom is 0.137 e. The van der Waals surface area contributed by atoms with Gasteiger partial charge in [-0.3, -0.25) is 0 Å². The van der Waals surface area contributed by atoms with E-state index in [9.17, 15) is 9.90 Å². The number of ether oxygens (including phenoxy) is 1. The molecule has 4 nitrogen and oxygen atoms in total. The molecule has 1 aromatic carbocycles. The van der Waals surface area contributed by atoms with E-state index in [0.717, 1.165) is 11.3 Å². The molecule has 0 aliphatic rings. The van der Waals surface area contributed by atoms with Crippen LogP contribution in [0.2, 0.25) is 5.02 Å². The molecule has 2 aromatic rings. The van der Waals surface area contributed by atoms with Gasteiger partial charge in [0.25, 0.3) is 0 Å². The van der Waals surface area contributed by atoms with Crippen molar-refractivity contribution in [2.45, 2.75) is 13.3 Å². The molecule has 0 aliphatic heterocycles. The average molecular weight is 297 g/mol. The quantitative estimate of drug-likeness (QED) is 0.847. The predicted molar refractivity (Wildman–Crippen MR) is 71.8 cm³/mol. The number of aromatic nitrogens is 1. The minimum absolute atomic E-state index is 0.174. The van der Waals surface area contributed by atoms with Gasteiger partial charge < -0.3 is 14.6 Å². The number of nitrogens with zero attached hydrogens (tertiary/aromatic N) is 1. The molecule has 0 radical (unpaired) electrons. The minimum atomic E-state index is -1.19. The number of carbonyl (C=O) groups is 1. The van der Waals surface area contributed by atoms with E-state index in [-0.39, 0.29) is 4.88 Å². The Hall–Kier alpha value is -1.59. The standard InChI is InChI=1S/C13H12ClNO3S/c1-8-12(13(16)17)19-11(15-8)6-7-18-10-5-3-2-4-9(10)14/h2-5H,6-7H2,1H3,(H,16,17)/p-1. The zero-order valence-corrected chi connectivity index (χ0v) is 11.8. The number of carboxylic acid groups (broad SMARTS) is 1. The third kappa shape index (κ3) is 3.45. The largest absolute Gasteiger partial charge is 0.544 e. The Labute approximate surface area is 119 Å². The smallest absolute Gasteiger partial charge is 0.137 e. The lowest BCUT2D eigenvalue weighted by Gasteiger charge is -2.06. The zero-order valence-electron chi connectivity index (χ0n) is 10.2. The van der Waals surface area contributed by atoms with E-state index in [1.54, 1.807) is 19.1 Å². The molecule has 0 saturated heterocycles. The van der Waals surface area contributed by atoms with Gasteiger partial charge in [-0.05, 0) is 19.1 Å². The highest BCUT2D eigenvalue weighted by molar-refractivity contribution is 7.13. The molecule has 0 bridgehead atoms. The number of aromatic carboxylic acids is 1. The number of rotatable bonds is 5. The normalized spacial score (nSPS) is 10.4. The fourth-order valence-electron chi connectivity index (χ4n) is 1.56. The van der Waals surface area contributed by atoms with Crippen LogP contribution in [-0.4, -0.2) is 17.6 Å². The van der Waals surface area contributed by atoms with Crippen LogP contribution in [0.1, 0.15) is 20.4 Å². The Balaban J connectivity index is 1.95. The van der Waals surface area contributed by atoms with E-state index in [0.29, 0.717) is 34.5 Å². The monoisotopic (exact) mass is 296 g/mol. The molecule has 6 heteroatoms. The summed E-state index contributed by atoms with van der Waals surface area (Å²) in [6.07, 6.45) is 0.532. The van der Waals surface area contributed by atoms with Crippen molar-refractivity contribution < 1.29 is 14.6 Å². The summed E-state index contributed by atoms with van der Waals surface area (Å²) in [7, 11) is 0. The molecule has 19 heavy (non-hydrogen) atoms. The van der Waals surface area contributed by atoms with Crippen molar-refractivity contribution in [1.82, 2.24) is 4.98 Å². The third-order valence-corrected chi connectivity index (χ3v) is 3.95. The fourth-order valence-corrected chi connectivity index (χ4v) is 2.63. The van der Waals surface area contributed by atoms with Crippen molar-refractivity contribution in [3.63, 3.8) is 0 Å². The summed E-state index contributed by atoms with van der Waals surface area (Å²) in [6, 6.07) is 7.19. The number of halogens is 1. The van der Waals surface area contributed by atoms with Gasteiger partial charge in [-0.1, -0.05) is 23.7 Å². The second kappa shape index (κ2) is 6.04. The van der Waals surface area contributed by atoms with Crippen molar-refractivity contribution in [1.29, 1.82) is 0 Å². The van der Waals surface area contributed by atoms with Crippen LogP contribution in [0.15, 0.2) is 24.3 Å². The summed E-state index contributed by atoms with van der Waals surface area (Å²) < 4.78 is 5.52. The van der Waals surface area contributed by atoms with E-state index in [1.165, 1.54) is 0 Å². The van der Waals surface area contributed by atoms with Crippen molar-refractivity contribution in [3.8, 4) is 5.75 Å². The first-order valence-electron chi connectivity index (χ1n) is 5.63. The fraction of sp³-hybridized carbons (Fsp3) is 0.231. The molecule has 0 unspecified atom stereocenters. The van der Waals surface area contributed by atoms with E-state index in [4.69, 9.17) is 16.3 Å². The van der Waals surface area contributed by atoms with Gasteiger partial charge in [0.1, 0.15) is 5.75 Å². The Morgan fingerprint density at radius 2 is 2.21 bits per heavy atom. The van der Waals surface area contributed by atoms with E-state index >= 15 is 0 Å².